The molecule has 0 aliphatic carbocycles. The number of hydrogen-bond acceptors (Lipinski definition) is 4. The Balaban J connectivity index is 2.12. The third-order valence-corrected chi connectivity index (χ3v) is 2.80. The predicted molar refractivity (Wildman–Crippen MR) is 61.1 cm³/mol. The second-order valence-corrected chi connectivity index (χ2v) is 4.07. The molecule has 5 heteroatoms. The van der Waals surface area contributed by atoms with Gasteiger partial charge in [0.2, 0.25) is 0 Å². The lowest BCUT2D eigenvalue weighted by molar-refractivity contribution is 0.121. The summed E-state index contributed by atoms with van der Waals surface area (Å²) in [6, 6.07) is 3.69. The van der Waals surface area contributed by atoms with Crippen molar-refractivity contribution in [2.45, 2.75) is 25.5 Å². The van der Waals surface area contributed by atoms with E-state index in [0.717, 1.165) is 13.0 Å². The Labute approximate surface area is 93.8 Å². The van der Waals surface area contributed by atoms with Crippen molar-refractivity contribution in [2.24, 2.45) is 0 Å². The molecule has 0 spiro atoms. The van der Waals surface area contributed by atoms with Gasteiger partial charge in [-0.2, -0.15) is 0 Å². The summed E-state index contributed by atoms with van der Waals surface area (Å²) in [6.07, 6.45) is 1.15. The molecule has 1 aliphatic rings. The van der Waals surface area contributed by atoms with Gasteiger partial charge in [-0.3, -0.25) is 0 Å². The van der Waals surface area contributed by atoms with E-state index in [1.54, 1.807) is 12.1 Å². The van der Waals surface area contributed by atoms with Crippen LogP contribution in [0.3, 0.4) is 0 Å². The Morgan fingerprint density at radius 2 is 2.40 bits per heavy atom. The van der Waals surface area contributed by atoms with Gasteiger partial charge in [-0.15, -0.1) is 0 Å². The molecule has 2 heterocycles. The molecule has 0 bridgehead atoms. The molecule has 0 saturated carbocycles. The molecular weight excluding hydrogens is 214 g/mol. The molecule has 0 aromatic carbocycles. The van der Waals surface area contributed by atoms with Gasteiger partial charge in [0.05, 0.1) is 17.8 Å². The Kier molecular flexibility index (Phi) is 2.98. The molecule has 2 rings (SSSR count). The van der Waals surface area contributed by atoms with Crippen LogP contribution in [0, 0.1) is 0 Å². The molecule has 1 aromatic rings. The van der Waals surface area contributed by atoms with E-state index in [4.69, 9.17) is 22.1 Å². The van der Waals surface area contributed by atoms with E-state index in [0.29, 0.717) is 16.7 Å². The summed E-state index contributed by atoms with van der Waals surface area (Å²) < 4.78 is 5.44. The van der Waals surface area contributed by atoms with Gasteiger partial charge < -0.3 is 15.8 Å². The number of hydrogen-bond donors (Lipinski definition) is 2. The number of halogens is 1. The minimum atomic E-state index is 0.185. The summed E-state index contributed by atoms with van der Waals surface area (Å²) in [6.45, 7) is 2.81. The van der Waals surface area contributed by atoms with E-state index in [-0.39, 0.29) is 12.1 Å². The first kappa shape index (κ1) is 10.5. The molecule has 1 fully saturated rings. The molecule has 82 valence electrons. The van der Waals surface area contributed by atoms with Crippen molar-refractivity contribution in [1.82, 2.24) is 4.98 Å². The van der Waals surface area contributed by atoms with Crippen LogP contribution in [0.4, 0.5) is 11.5 Å². The van der Waals surface area contributed by atoms with Crippen LogP contribution >= 0.6 is 11.6 Å². The summed E-state index contributed by atoms with van der Waals surface area (Å²) in [5, 5.41) is 3.70. The summed E-state index contributed by atoms with van der Waals surface area (Å²) in [4.78, 5) is 4.14. The van der Waals surface area contributed by atoms with Crippen LogP contribution in [0.2, 0.25) is 5.15 Å². The molecule has 1 saturated heterocycles. The van der Waals surface area contributed by atoms with Gasteiger partial charge in [0.25, 0.3) is 0 Å². The fraction of sp³-hybridized carbons (Fsp3) is 0.500. The quantitative estimate of drug-likeness (QED) is 0.758. The zero-order chi connectivity index (χ0) is 10.8. The van der Waals surface area contributed by atoms with E-state index >= 15 is 0 Å². The van der Waals surface area contributed by atoms with Gasteiger partial charge in [-0.1, -0.05) is 11.6 Å². The molecule has 1 aromatic heterocycles. The summed E-state index contributed by atoms with van der Waals surface area (Å²) >= 11 is 5.80. The van der Waals surface area contributed by atoms with E-state index in [2.05, 4.69) is 10.3 Å². The number of aromatic nitrogens is 1. The van der Waals surface area contributed by atoms with Crippen LogP contribution in [-0.4, -0.2) is 23.7 Å². The Hall–Kier alpha value is -1.00. The lowest BCUT2D eigenvalue weighted by Crippen LogP contribution is -2.27. The smallest absolute Gasteiger partial charge is 0.151 e. The van der Waals surface area contributed by atoms with Crippen LogP contribution in [-0.2, 0) is 4.74 Å². The predicted octanol–water partition coefficient (Wildman–Crippen LogP) is 1.91. The average molecular weight is 228 g/mol. The number of pyridine rings is 1. The monoisotopic (exact) mass is 227 g/mol. The van der Waals surface area contributed by atoms with Gasteiger partial charge in [0.15, 0.2) is 5.82 Å². The minimum Gasteiger partial charge on any atom is -0.396 e. The van der Waals surface area contributed by atoms with Crippen molar-refractivity contribution in [3.05, 3.63) is 17.3 Å². The highest BCUT2D eigenvalue weighted by Gasteiger charge is 2.24. The van der Waals surface area contributed by atoms with Crippen molar-refractivity contribution in [3.63, 3.8) is 0 Å². The molecule has 4 nitrogen and oxygen atoms in total. The lowest BCUT2D eigenvalue weighted by Gasteiger charge is -2.17. The maximum absolute atomic E-state index is 5.80. The fourth-order valence-electron chi connectivity index (χ4n) is 1.66. The van der Waals surface area contributed by atoms with E-state index in [9.17, 15) is 0 Å². The third kappa shape index (κ3) is 2.33. The molecule has 0 amide bonds. The minimum absolute atomic E-state index is 0.185. The number of nitrogens with one attached hydrogen (secondary N) is 1. The Morgan fingerprint density at radius 1 is 1.60 bits per heavy atom. The second-order valence-electron chi connectivity index (χ2n) is 3.69. The Morgan fingerprint density at radius 3 is 3.07 bits per heavy atom. The van der Waals surface area contributed by atoms with Crippen molar-refractivity contribution in [3.8, 4) is 0 Å². The largest absolute Gasteiger partial charge is 0.396 e. The van der Waals surface area contributed by atoms with Crippen LogP contribution in [0.15, 0.2) is 12.1 Å². The summed E-state index contributed by atoms with van der Waals surface area (Å²) in [7, 11) is 0. The van der Waals surface area contributed by atoms with Gasteiger partial charge in [0, 0.05) is 6.61 Å². The SMILES string of the molecule is CC1OCCC1Nc1nc(Cl)ccc1N. The van der Waals surface area contributed by atoms with Crippen molar-refractivity contribution >= 4 is 23.1 Å². The molecule has 2 atom stereocenters. The maximum atomic E-state index is 5.80. The highest BCUT2D eigenvalue weighted by molar-refractivity contribution is 6.29. The molecule has 15 heavy (non-hydrogen) atoms. The topological polar surface area (TPSA) is 60.2 Å². The molecular formula is C10H14ClN3O. The average Bonchev–Trinajstić information content (AvgIpc) is 2.58. The van der Waals surface area contributed by atoms with Crippen molar-refractivity contribution in [2.75, 3.05) is 17.7 Å². The van der Waals surface area contributed by atoms with E-state index in [1.165, 1.54) is 0 Å². The van der Waals surface area contributed by atoms with E-state index in [1.807, 2.05) is 6.92 Å². The van der Waals surface area contributed by atoms with Gasteiger partial charge in [0.1, 0.15) is 5.15 Å². The van der Waals surface area contributed by atoms with Crippen molar-refractivity contribution < 1.29 is 4.74 Å². The Bertz CT molecular complexity index is 359. The lowest BCUT2D eigenvalue weighted by atomic mass is 10.1. The van der Waals surface area contributed by atoms with Crippen LogP contribution in [0.1, 0.15) is 13.3 Å². The van der Waals surface area contributed by atoms with Crippen LogP contribution < -0.4 is 11.1 Å². The van der Waals surface area contributed by atoms with Crippen LogP contribution in [0.5, 0.6) is 0 Å². The highest BCUT2D eigenvalue weighted by Crippen LogP contribution is 2.23. The summed E-state index contributed by atoms with van der Waals surface area (Å²) in [5.74, 6) is 0.643. The first-order valence-corrected chi connectivity index (χ1v) is 5.35. The number of nitrogens with two attached hydrogens (primary N) is 1. The number of anilines is 2. The van der Waals surface area contributed by atoms with Crippen LogP contribution in [0.25, 0.3) is 0 Å². The second kappa shape index (κ2) is 4.24. The number of nitrogens with zero attached hydrogens (tertiary/aromatic N) is 1. The zero-order valence-corrected chi connectivity index (χ0v) is 9.29. The van der Waals surface area contributed by atoms with Crippen molar-refractivity contribution in [1.29, 1.82) is 0 Å². The molecule has 3 N–H and O–H groups in total. The van der Waals surface area contributed by atoms with Gasteiger partial charge in [-0.05, 0) is 25.5 Å². The number of ether oxygens (including phenoxy) is 1. The molecule has 0 radical (unpaired) electrons. The third-order valence-electron chi connectivity index (χ3n) is 2.59. The number of nitrogen functional groups attached to an aromatic ring is 1. The van der Waals surface area contributed by atoms with E-state index < -0.39 is 0 Å². The maximum Gasteiger partial charge on any atom is 0.151 e. The number of rotatable bonds is 2. The first-order valence-electron chi connectivity index (χ1n) is 4.97. The zero-order valence-electron chi connectivity index (χ0n) is 8.53. The van der Waals surface area contributed by atoms with Gasteiger partial charge >= 0.3 is 0 Å². The summed E-state index contributed by atoms with van der Waals surface area (Å²) in [5.41, 5.74) is 6.40. The van der Waals surface area contributed by atoms with Gasteiger partial charge in [-0.25, -0.2) is 4.98 Å². The highest BCUT2D eigenvalue weighted by atomic mass is 35.5. The first-order chi connectivity index (χ1) is 7.16. The molecule has 1 aliphatic heterocycles. The standard InChI is InChI=1S/C10H14ClN3O/c1-6-8(4-5-15-6)13-10-7(12)2-3-9(11)14-10/h2-3,6,8H,4-5,12H2,1H3,(H,13,14). The normalized spacial score (nSPS) is 25.5. The molecule has 2 unspecified atom stereocenters. The fourth-order valence-corrected chi connectivity index (χ4v) is 1.81.